The van der Waals surface area contributed by atoms with Crippen LogP contribution in [0.25, 0.3) is 11.3 Å². The number of hydrogen-bond donors (Lipinski definition) is 1. The van der Waals surface area contributed by atoms with E-state index in [0.29, 0.717) is 35.0 Å². The second kappa shape index (κ2) is 8.79. The summed E-state index contributed by atoms with van der Waals surface area (Å²) in [6, 6.07) is 10.3. The van der Waals surface area contributed by atoms with Crippen molar-refractivity contribution in [3.8, 4) is 22.8 Å². The van der Waals surface area contributed by atoms with Crippen LogP contribution in [0.15, 0.2) is 46.7 Å². The fourth-order valence-electron chi connectivity index (χ4n) is 3.50. The maximum absolute atomic E-state index is 12.9. The van der Waals surface area contributed by atoms with Crippen molar-refractivity contribution < 1.29 is 22.7 Å². The highest BCUT2D eigenvalue weighted by atomic mass is 32.2. The van der Waals surface area contributed by atoms with E-state index < -0.39 is 10.0 Å². The molecular formula is C22H23N3O5S2. The van der Waals surface area contributed by atoms with Crippen molar-refractivity contribution in [2.45, 2.75) is 25.2 Å². The van der Waals surface area contributed by atoms with Crippen molar-refractivity contribution in [3.05, 3.63) is 47.3 Å². The normalized spacial score (nSPS) is 13.5. The minimum absolute atomic E-state index is 0.0275. The first-order valence-electron chi connectivity index (χ1n) is 10.0. The predicted molar refractivity (Wildman–Crippen MR) is 124 cm³/mol. The number of methoxy groups -OCH3 is 1. The number of benzene rings is 2. The Balaban J connectivity index is 1.60. The van der Waals surface area contributed by atoms with Gasteiger partial charge in [0.2, 0.25) is 0 Å². The number of hydrogen-bond acceptors (Lipinski definition) is 7. The number of rotatable bonds is 7. The summed E-state index contributed by atoms with van der Waals surface area (Å²) in [5.41, 5.74) is 2.65. The number of fused-ring (bicyclic) bond motifs is 1. The van der Waals surface area contributed by atoms with Crippen LogP contribution < -0.4 is 19.1 Å². The van der Waals surface area contributed by atoms with Crippen LogP contribution in [0.3, 0.4) is 0 Å². The van der Waals surface area contributed by atoms with Gasteiger partial charge in [0.25, 0.3) is 15.9 Å². The first-order valence-corrected chi connectivity index (χ1v) is 12.4. The molecule has 2 aromatic carbocycles. The fraction of sp³-hybridized carbons (Fsp3) is 0.273. The molecule has 0 saturated carbocycles. The second-order valence-corrected chi connectivity index (χ2v) is 9.80. The molecule has 32 heavy (non-hydrogen) atoms. The van der Waals surface area contributed by atoms with E-state index in [-0.39, 0.29) is 22.5 Å². The Morgan fingerprint density at radius 2 is 2.06 bits per heavy atom. The highest BCUT2D eigenvalue weighted by Crippen LogP contribution is 2.37. The number of nitrogens with one attached hydrogen (secondary N) is 1. The zero-order chi connectivity index (χ0) is 22.9. The van der Waals surface area contributed by atoms with Gasteiger partial charge in [-0.3, -0.25) is 9.52 Å². The molecule has 3 aromatic rings. The molecule has 1 aromatic heterocycles. The summed E-state index contributed by atoms with van der Waals surface area (Å²) in [4.78, 5) is 18.6. The summed E-state index contributed by atoms with van der Waals surface area (Å²) in [7, 11) is -2.28. The van der Waals surface area contributed by atoms with Crippen LogP contribution in [-0.2, 0) is 14.8 Å². The summed E-state index contributed by atoms with van der Waals surface area (Å²) in [5, 5.41) is 2.03. The molecule has 0 aliphatic carbocycles. The standard InChI is InChI=1S/C22H23N3O5S2/c1-4-9-25-18-11-15(5-7-19(18)30-12-21(25)26)17-13-31-22(23-17)24-32(27,28)20-8-6-16(29-3)10-14(20)2/h5-8,10-11,13H,4,9,12H2,1-3H3,(H,23,24). The molecule has 8 nitrogen and oxygen atoms in total. The number of thiazole rings is 1. The molecule has 1 aliphatic heterocycles. The number of carbonyl (C=O) groups excluding carboxylic acids is 1. The summed E-state index contributed by atoms with van der Waals surface area (Å²) in [6.07, 6.45) is 0.822. The van der Waals surface area contributed by atoms with Gasteiger partial charge in [-0.25, -0.2) is 13.4 Å². The highest BCUT2D eigenvalue weighted by Gasteiger charge is 2.26. The van der Waals surface area contributed by atoms with Gasteiger partial charge in [-0.05, 0) is 55.3 Å². The van der Waals surface area contributed by atoms with E-state index in [1.54, 1.807) is 29.3 Å². The molecule has 1 N–H and O–H groups in total. The van der Waals surface area contributed by atoms with E-state index in [2.05, 4.69) is 9.71 Å². The number of aryl methyl sites for hydroxylation is 1. The maximum Gasteiger partial charge on any atom is 0.265 e. The van der Waals surface area contributed by atoms with Crippen LogP contribution in [0.4, 0.5) is 10.8 Å². The highest BCUT2D eigenvalue weighted by molar-refractivity contribution is 7.93. The van der Waals surface area contributed by atoms with Gasteiger partial charge in [0.15, 0.2) is 11.7 Å². The average Bonchev–Trinajstić information content (AvgIpc) is 3.22. The van der Waals surface area contributed by atoms with Gasteiger partial charge < -0.3 is 14.4 Å². The molecule has 1 amide bonds. The van der Waals surface area contributed by atoms with Gasteiger partial charge in [0.05, 0.1) is 23.4 Å². The molecule has 1 aliphatic rings. The van der Waals surface area contributed by atoms with Crippen molar-refractivity contribution in [2.24, 2.45) is 0 Å². The van der Waals surface area contributed by atoms with E-state index in [0.717, 1.165) is 12.0 Å². The number of amides is 1. The van der Waals surface area contributed by atoms with E-state index in [1.807, 2.05) is 25.1 Å². The van der Waals surface area contributed by atoms with Crippen LogP contribution >= 0.6 is 11.3 Å². The largest absolute Gasteiger partial charge is 0.497 e. The lowest BCUT2D eigenvalue weighted by Gasteiger charge is -2.29. The van der Waals surface area contributed by atoms with Crippen molar-refractivity contribution >= 4 is 38.1 Å². The van der Waals surface area contributed by atoms with Crippen LogP contribution in [0, 0.1) is 6.92 Å². The molecule has 2 heterocycles. The molecule has 0 fully saturated rings. The topological polar surface area (TPSA) is 97.8 Å². The van der Waals surface area contributed by atoms with Crippen molar-refractivity contribution in [1.82, 2.24) is 4.98 Å². The van der Waals surface area contributed by atoms with Crippen molar-refractivity contribution in [1.29, 1.82) is 0 Å². The minimum atomic E-state index is -3.81. The lowest BCUT2D eigenvalue weighted by molar-refractivity contribution is -0.121. The first kappa shape index (κ1) is 22.1. The fourth-order valence-corrected chi connectivity index (χ4v) is 5.70. The zero-order valence-corrected chi connectivity index (χ0v) is 19.5. The summed E-state index contributed by atoms with van der Waals surface area (Å²) in [5.74, 6) is 1.15. The molecule has 10 heteroatoms. The number of sulfonamides is 1. The molecule has 0 unspecified atom stereocenters. The van der Waals surface area contributed by atoms with Gasteiger partial charge in [-0.15, -0.1) is 11.3 Å². The second-order valence-electron chi connectivity index (χ2n) is 7.29. The van der Waals surface area contributed by atoms with Gasteiger partial charge in [0.1, 0.15) is 11.5 Å². The van der Waals surface area contributed by atoms with Crippen molar-refractivity contribution in [3.63, 3.8) is 0 Å². The molecule has 0 spiro atoms. The maximum atomic E-state index is 12.9. The van der Waals surface area contributed by atoms with E-state index in [9.17, 15) is 13.2 Å². The van der Waals surface area contributed by atoms with Crippen LogP contribution in [0.5, 0.6) is 11.5 Å². The van der Waals surface area contributed by atoms with Crippen LogP contribution in [0.2, 0.25) is 0 Å². The molecule has 0 bridgehead atoms. The molecule has 0 saturated heterocycles. The number of carbonyl (C=O) groups is 1. The third-order valence-electron chi connectivity index (χ3n) is 5.04. The molecular weight excluding hydrogens is 450 g/mol. The van der Waals surface area contributed by atoms with Gasteiger partial charge in [-0.2, -0.15) is 0 Å². The smallest absolute Gasteiger partial charge is 0.265 e. The zero-order valence-electron chi connectivity index (χ0n) is 17.9. The number of ether oxygens (including phenoxy) is 2. The predicted octanol–water partition coefficient (Wildman–Crippen LogP) is 4.06. The molecule has 0 radical (unpaired) electrons. The quantitative estimate of drug-likeness (QED) is 0.556. The Morgan fingerprint density at radius 1 is 1.25 bits per heavy atom. The lowest BCUT2D eigenvalue weighted by Crippen LogP contribution is -2.39. The third-order valence-corrected chi connectivity index (χ3v) is 7.43. The van der Waals surface area contributed by atoms with Gasteiger partial charge in [-0.1, -0.05) is 6.92 Å². The molecule has 4 rings (SSSR count). The summed E-state index contributed by atoms with van der Waals surface area (Å²) in [6.45, 7) is 4.35. The number of anilines is 2. The summed E-state index contributed by atoms with van der Waals surface area (Å²) < 4.78 is 39.0. The van der Waals surface area contributed by atoms with E-state index >= 15 is 0 Å². The Morgan fingerprint density at radius 3 is 2.78 bits per heavy atom. The van der Waals surface area contributed by atoms with Gasteiger partial charge in [0, 0.05) is 17.5 Å². The van der Waals surface area contributed by atoms with E-state index in [1.165, 1.54) is 24.5 Å². The molecule has 0 atom stereocenters. The third kappa shape index (κ3) is 4.28. The Kier molecular flexibility index (Phi) is 6.07. The lowest BCUT2D eigenvalue weighted by atomic mass is 10.1. The Hall–Kier alpha value is -3.11. The number of aromatic nitrogens is 1. The Bertz CT molecular complexity index is 1270. The van der Waals surface area contributed by atoms with Crippen LogP contribution in [0.1, 0.15) is 18.9 Å². The first-order chi connectivity index (χ1) is 15.3. The monoisotopic (exact) mass is 473 g/mol. The minimum Gasteiger partial charge on any atom is -0.497 e. The average molecular weight is 474 g/mol. The van der Waals surface area contributed by atoms with E-state index in [4.69, 9.17) is 9.47 Å². The Labute approximate surface area is 190 Å². The SMILES string of the molecule is CCCN1C(=O)COc2ccc(-c3csc(NS(=O)(=O)c4ccc(OC)cc4C)n3)cc21. The number of nitrogens with zero attached hydrogens (tertiary/aromatic N) is 2. The van der Waals surface area contributed by atoms with Crippen molar-refractivity contribution in [2.75, 3.05) is 29.9 Å². The van der Waals surface area contributed by atoms with Gasteiger partial charge >= 0.3 is 0 Å². The summed E-state index contributed by atoms with van der Waals surface area (Å²) >= 11 is 1.19. The molecule has 168 valence electrons. The van der Waals surface area contributed by atoms with Crippen LogP contribution in [-0.4, -0.2) is 39.6 Å².